The summed E-state index contributed by atoms with van der Waals surface area (Å²) in [6, 6.07) is 6.51. The van der Waals surface area contributed by atoms with E-state index in [0.717, 1.165) is 16.9 Å². The first-order valence-electron chi connectivity index (χ1n) is 6.33. The van der Waals surface area contributed by atoms with Crippen LogP contribution >= 0.6 is 34.5 Å². The molecule has 2 rings (SSSR count). The lowest BCUT2D eigenvalue weighted by atomic mass is 10.1. The number of hydrogen-bond donors (Lipinski definition) is 1. The lowest BCUT2D eigenvalue weighted by Gasteiger charge is -2.04. The Morgan fingerprint density at radius 1 is 1.23 bits per heavy atom. The van der Waals surface area contributed by atoms with Crippen molar-refractivity contribution in [3.8, 4) is 0 Å². The van der Waals surface area contributed by atoms with E-state index >= 15 is 0 Å². The number of benzene rings is 1. The van der Waals surface area contributed by atoms with Crippen molar-refractivity contribution in [2.75, 3.05) is 5.75 Å². The number of amides is 1. The minimum atomic E-state index is -3.39. The number of primary amides is 1. The van der Waals surface area contributed by atoms with E-state index in [4.69, 9.17) is 28.9 Å². The zero-order valence-electron chi connectivity index (χ0n) is 11.6. The average molecular weight is 378 g/mol. The van der Waals surface area contributed by atoms with Gasteiger partial charge in [0.1, 0.15) is 4.21 Å². The van der Waals surface area contributed by atoms with Crippen molar-refractivity contribution in [1.82, 2.24) is 0 Å². The van der Waals surface area contributed by atoms with Crippen LogP contribution in [0.5, 0.6) is 0 Å². The lowest BCUT2D eigenvalue weighted by Crippen LogP contribution is -2.11. The molecule has 1 aromatic carbocycles. The van der Waals surface area contributed by atoms with Crippen LogP contribution in [0.2, 0.25) is 10.0 Å². The van der Waals surface area contributed by atoms with Crippen LogP contribution in [0.15, 0.2) is 28.5 Å². The van der Waals surface area contributed by atoms with Gasteiger partial charge in [-0.1, -0.05) is 36.2 Å². The highest BCUT2D eigenvalue weighted by Crippen LogP contribution is 2.31. The number of rotatable bonds is 5. The molecule has 1 amide bonds. The number of nitrogens with two attached hydrogens (primary N) is 1. The second kappa shape index (κ2) is 6.58. The van der Waals surface area contributed by atoms with E-state index in [0.29, 0.717) is 22.0 Å². The average Bonchev–Trinajstić information content (AvgIpc) is 2.87. The molecular formula is C14H13Cl2NO3S2. The van der Waals surface area contributed by atoms with Gasteiger partial charge in [-0.15, -0.1) is 11.3 Å². The predicted molar refractivity (Wildman–Crippen MR) is 89.8 cm³/mol. The van der Waals surface area contributed by atoms with Gasteiger partial charge in [0.2, 0.25) is 0 Å². The second-order valence-electron chi connectivity index (χ2n) is 4.60. The van der Waals surface area contributed by atoms with Gasteiger partial charge in [-0.3, -0.25) is 4.79 Å². The topological polar surface area (TPSA) is 77.2 Å². The summed E-state index contributed by atoms with van der Waals surface area (Å²) in [6.45, 7) is 1.55. The second-order valence-corrected chi connectivity index (χ2v) is 9.00. The van der Waals surface area contributed by atoms with Gasteiger partial charge in [0, 0.05) is 16.5 Å². The highest BCUT2D eigenvalue weighted by atomic mass is 35.5. The SMILES string of the molecule is CCS(=O)(=O)c1cc(Cc2ccc(Cl)cc2Cl)c(C(N)=O)s1. The number of halogens is 2. The van der Waals surface area contributed by atoms with Gasteiger partial charge in [0.15, 0.2) is 9.84 Å². The largest absolute Gasteiger partial charge is 0.365 e. The van der Waals surface area contributed by atoms with Crippen molar-refractivity contribution >= 4 is 50.3 Å². The molecular weight excluding hydrogens is 365 g/mol. The maximum atomic E-state index is 12.0. The fourth-order valence-electron chi connectivity index (χ4n) is 1.91. The molecule has 0 aliphatic rings. The van der Waals surface area contributed by atoms with E-state index in [1.807, 2.05) is 0 Å². The van der Waals surface area contributed by atoms with Crippen molar-refractivity contribution in [2.24, 2.45) is 5.73 Å². The zero-order valence-corrected chi connectivity index (χ0v) is 14.7. The van der Waals surface area contributed by atoms with Gasteiger partial charge in [-0.05, 0) is 29.3 Å². The van der Waals surface area contributed by atoms with Crippen LogP contribution in [0.4, 0.5) is 0 Å². The Kier molecular flexibility index (Phi) is 5.17. The van der Waals surface area contributed by atoms with Gasteiger partial charge < -0.3 is 5.73 Å². The summed E-state index contributed by atoms with van der Waals surface area (Å²) in [5.74, 6) is -0.685. The summed E-state index contributed by atoms with van der Waals surface area (Å²) < 4.78 is 24.1. The number of carbonyl (C=O) groups is 1. The maximum absolute atomic E-state index is 12.0. The molecule has 0 radical (unpaired) electrons. The van der Waals surface area contributed by atoms with Crippen molar-refractivity contribution in [2.45, 2.75) is 17.6 Å². The van der Waals surface area contributed by atoms with Gasteiger partial charge in [0.05, 0.1) is 10.6 Å². The molecule has 0 spiro atoms. The number of hydrogen-bond acceptors (Lipinski definition) is 4. The molecule has 1 heterocycles. The summed E-state index contributed by atoms with van der Waals surface area (Å²) >= 11 is 12.9. The van der Waals surface area contributed by atoms with Crippen molar-refractivity contribution in [1.29, 1.82) is 0 Å². The first-order chi connectivity index (χ1) is 10.2. The molecule has 1 aromatic heterocycles. The first kappa shape index (κ1) is 17.3. The van der Waals surface area contributed by atoms with Gasteiger partial charge in [-0.2, -0.15) is 0 Å². The summed E-state index contributed by atoms with van der Waals surface area (Å²) in [7, 11) is -3.39. The van der Waals surface area contributed by atoms with Crippen LogP contribution in [-0.4, -0.2) is 20.1 Å². The molecule has 0 aliphatic heterocycles. The molecule has 2 N–H and O–H groups in total. The first-order valence-corrected chi connectivity index (χ1v) is 9.56. The van der Waals surface area contributed by atoms with E-state index in [-0.39, 0.29) is 14.8 Å². The molecule has 8 heteroatoms. The number of thiophene rings is 1. The van der Waals surface area contributed by atoms with Crippen LogP contribution in [0, 0.1) is 0 Å². The Balaban J connectivity index is 2.48. The molecule has 0 unspecified atom stereocenters. The number of carbonyl (C=O) groups excluding carboxylic acids is 1. The van der Waals surface area contributed by atoms with Gasteiger partial charge in [-0.25, -0.2) is 8.42 Å². The molecule has 0 bridgehead atoms. The van der Waals surface area contributed by atoms with E-state index < -0.39 is 15.7 Å². The summed E-state index contributed by atoms with van der Waals surface area (Å²) in [5.41, 5.74) is 6.64. The van der Waals surface area contributed by atoms with Crippen LogP contribution in [0.1, 0.15) is 27.7 Å². The van der Waals surface area contributed by atoms with Crippen LogP contribution in [-0.2, 0) is 16.3 Å². The van der Waals surface area contributed by atoms with Gasteiger partial charge >= 0.3 is 0 Å². The van der Waals surface area contributed by atoms with E-state index in [9.17, 15) is 13.2 Å². The molecule has 0 saturated carbocycles. The van der Waals surface area contributed by atoms with Gasteiger partial charge in [0.25, 0.3) is 5.91 Å². The van der Waals surface area contributed by atoms with Crippen LogP contribution < -0.4 is 5.73 Å². The number of sulfone groups is 1. The summed E-state index contributed by atoms with van der Waals surface area (Å²) in [6.07, 6.45) is 0.310. The molecule has 2 aromatic rings. The molecule has 0 atom stereocenters. The maximum Gasteiger partial charge on any atom is 0.259 e. The Hall–Kier alpha value is -1.08. The van der Waals surface area contributed by atoms with E-state index in [1.54, 1.807) is 25.1 Å². The predicted octanol–water partition coefficient (Wildman–Crippen LogP) is 3.54. The molecule has 22 heavy (non-hydrogen) atoms. The third-order valence-corrected chi connectivity index (χ3v) is 7.17. The highest BCUT2D eigenvalue weighted by Gasteiger charge is 2.21. The van der Waals surface area contributed by atoms with E-state index in [2.05, 4.69) is 0 Å². The lowest BCUT2D eigenvalue weighted by molar-refractivity contribution is 0.100. The molecule has 0 aliphatic carbocycles. The fourth-order valence-corrected chi connectivity index (χ4v) is 4.87. The minimum Gasteiger partial charge on any atom is -0.365 e. The normalized spacial score (nSPS) is 11.6. The molecule has 0 fully saturated rings. The summed E-state index contributed by atoms with van der Waals surface area (Å²) in [4.78, 5) is 11.8. The highest BCUT2D eigenvalue weighted by molar-refractivity contribution is 7.93. The molecule has 118 valence electrons. The standard InChI is InChI=1S/C14H13Cl2NO3S2/c1-2-22(19,20)12-6-9(13(21-12)14(17)18)5-8-3-4-10(15)7-11(8)16/h3-4,6-7H,2,5H2,1H3,(H2,17,18). The van der Waals surface area contributed by atoms with Crippen molar-refractivity contribution in [3.05, 3.63) is 50.3 Å². The zero-order chi connectivity index (χ0) is 16.5. The third-order valence-electron chi connectivity index (χ3n) is 3.09. The van der Waals surface area contributed by atoms with Crippen molar-refractivity contribution < 1.29 is 13.2 Å². The van der Waals surface area contributed by atoms with E-state index in [1.165, 1.54) is 6.07 Å². The molecule has 4 nitrogen and oxygen atoms in total. The Labute approximate surface area is 142 Å². The minimum absolute atomic E-state index is 0.0349. The quantitative estimate of drug-likeness (QED) is 0.865. The smallest absolute Gasteiger partial charge is 0.259 e. The third kappa shape index (κ3) is 3.63. The van der Waals surface area contributed by atoms with Crippen LogP contribution in [0.3, 0.4) is 0 Å². The fraction of sp³-hybridized carbons (Fsp3) is 0.214. The Bertz CT molecular complexity index is 829. The Morgan fingerprint density at radius 2 is 1.91 bits per heavy atom. The van der Waals surface area contributed by atoms with Crippen molar-refractivity contribution in [3.63, 3.8) is 0 Å². The molecule has 0 saturated heterocycles. The summed E-state index contributed by atoms with van der Waals surface area (Å²) in [5, 5.41) is 0.956. The van der Waals surface area contributed by atoms with Crippen LogP contribution in [0.25, 0.3) is 0 Å². The monoisotopic (exact) mass is 377 g/mol. The Morgan fingerprint density at radius 3 is 2.45 bits per heavy atom.